The lowest BCUT2D eigenvalue weighted by molar-refractivity contribution is -0.125. The molecule has 0 aliphatic rings. The highest BCUT2D eigenvalue weighted by Crippen LogP contribution is 1.98. The third-order valence-electron chi connectivity index (χ3n) is 1.34. The van der Waals surface area contributed by atoms with Gasteiger partial charge in [0.05, 0.1) is 6.61 Å². The van der Waals surface area contributed by atoms with E-state index in [2.05, 4.69) is 10.6 Å². The van der Waals surface area contributed by atoms with Crippen LogP contribution in [0.1, 0.15) is 20.8 Å². The summed E-state index contributed by atoms with van der Waals surface area (Å²) >= 11 is 0. The molecule has 0 spiro atoms. The minimum absolute atomic E-state index is 0.199. The Morgan fingerprint density at radius 2 is 1.69 bits per heavy atom. The summed E-state index contributed by atoms with van der Waals surface area (Å²) in [5, 5.41) is 5.23. The number of rotatable bonds is 4. The van der Waals surface area contributed by atoms with Crippen molar-refractivity contribution in [1.82, 2.24) is 10.6 Å². The quantitative estimate of drug-likeness (QED) is 0.422. The van der Waals surface area contributed by atoms with Crippen LogP contribution in [-0.4, -0.2) is 34.6 Å². The van der Waals surface area contributed by atoms with E-state index in [1.165, 1.54) is 13.8 Å². The van der Waals surface area contributed by atoms with Crippen molar-refractivity contribution in [2.75, 3.05) is 6.61 Å². The van der Waals surface area contributed by atoms with E-state index < -0.39 is 5.66 Å². The van der Waals surface area contributed by atoms with Crippen molar-refractivity contribution in [3.63, 3.8) is 0 Å². The lowest BCUT2D eigenvalue weighted by atomic mass is 10.2. The predicted molar refractivity (Wildman–Crippen MR) is 51.9 cm³/mol. The fourth-order valence-electron chi connectivity index (χ4n) is 1.17. The summed E-state index contributed by atoms with van der Waals surface area (Å²) in [6, 6.07) is 0. The molecule has 0 rings (SSSR count). The van der Waals surface area contributed by atoms with Crippen LogP contribution >= 0.6 is 0 Å². The molecule has 0 aromatic carbocycles. The van der Waals surface area contributed by atoms with Gasteiger partial charge in [0.1, 0.15) is 16.1 Å². The number of amides is 2. The van der Waals surface area contributed by atoms with Crippen LogP contribution in [0.5, 0.6) is 0 Å². The van der Waals surface area contributed by atoms with E-state index in [1.807, 2.05) is 0 Å². The molecule has 0 fully saturated rings. The summed E-state index contributed by atoms with van der Waals surface area (Å²) in [6.07, 6.45) is 0. The Morgan fingerprint density at radius 3 is 1.92 bits per heavy atom. The average molecular weight is 204 g/mol. The molecule has 0 aliphatic heterocycles. The summed E-state index contributed by atoms with van der Waals surface area (Å²) in [5.74, 6) is -0.398. The Bertz CT molecular complexity index is 192. The average Bonchev–Trinajstić information content (AvgIpc) is 1.81. The Morgan fingerprint density at radius 1 is 1.31 bits per heavy atom. The molecule has 0 saturated carbocycles. The van der Waals surface area contributed by atoms with E-state index in [9.17, 15) is 9.59 Å². The monoisotopic (exact) mass is 204 g/mol. The Balaban J connectivity index is 4.32. The van der Waals surface area contributed by atoms with Crippen LogP contribution in [0.4, 0.5) is 0 Å². The van der Waals surface area contributed by atoms with Crippen LogP contribution in [0.25, 0.3) is 0 Å². The molecule has 0 aromatic heterocycles. The van der Waals surface area contributed by atoms with Crippen LogP contribution in [-0.2, 0) is 14.0 Å². The maximum absolute atomic E-state index is 10.8. The number of carbonyl (C=O) groups excluding carboxylic acids is 2. The lowest BCUT2D eigenvalue weighted by Gasteiger charge is -2.30. The fourth-order valence-corrected chi connectivity index (χ4v) is 1.75. The van der Waals surface area contributed by atoms with Gasteiger partial charge in [-0.3, -0.25) is 9.59 Å². The van der Waals surface area contributed by atoms with Gasteiger partial charge >= 0.3 is 0 Å². The molecule has 5 nitrogen and oxygen atoms in total. The first-order valence-electron chi connectivity index (χ1n) is 3.96. The Kier molecular flexibility index (Phi) is 4.64. The van der Waals surface area contributed by atoms with Crippen molar-refractivity contribution in [1.29, 1.82) is 0 Å². The summed E-state index contributed by atoms with van der Waals surface area (Å²) in [5.41, 5.74) is -0.792. The van der Waals surface area contributed by atoms with Gasteiger partial charge in [-0.15, -0.1) is 0 Å². The second kappa shape index (κ2) is 4.98. The van der Waals surface area contributed by atoms with Gasteiger partial charge < -0.3 is 15.1 Å². The van der Waals surface area contributed by atoms with E-state index in [0.717, 1.165) is 0 Å². The number of hydrogen-bond donors (Lipinski definition) is 2. The topological polar surface area (TPSA) is 67.4 Å². The van der Waals surface area contributed by atoms with E-state index >= 15 is 0 Å². The summed E-state index contributed by atoms with van der Waals surface area (Å²) < 4.78 is 5.02. The molecule has 2 amide bonds. The smallest absolute Gasteiger partial charge is 0.218 e. The number of nitrogens with one attached hydrogen (secondary N) is 2. The summed E-state index contributed by atoms with van der Waals surface area (Å²) in [6.45, 7) is 4.78. The van der Waals surface area contributed by atoms with E-state index in [4.69, 9.17) is 4.43 Å². The van der Waals surface area contributed by atoms with Crippen molar-refractivity contribution in [3.8, 4) is 0 Å². The SMILES string of the molecule is CC(=O)NC(C)(CO[SiH3])NC(C)=O. The molecule has 2 N–H and O–H groups in total. The Hall–Kier alpha value is -0.883. The maximum atomic E-state index is 10.8. The van der Waals surface area contributed by atoms with E-state index in [-0.39, 0.29) is 11.8 Å². The third-order valence-corrected chi connectivity index (χ3v) is 1.63. The molecular formula is C7H16N2O3Si. The van der Waals surface area contributed by atoms with Gasteiger partial charge in [0.2, 0.25) is 11.8 Å². The normalized spacial score (nSPS) is 11.0. The van der Waals surface area contributed by atoms with E-state index in [0.29, 0.717) is 17.1 Å². The van der Waals surface area contributed by atoms with Gasteiger partial charge in [-0.1, -0.05) is 0 Å². The predicted octanol–water partition coefficient (Wildman–Crippen LogP) is -1.73. The first kappa shape index (κ1) is 12.1. The molecule has 0 aromatic rings. The molecule has 0 aliphatic carbocycles. The number of hydrogen-bond acceptors (Lipinski definition) is 3. The largest absolute Gasteiger partial charge is 0.424 e. The van der Waals surface area contributed by atoms with Crippen molar-refractivity contribution >= 4 is 22.3 Å². The second-order valence-electron chi connectivity index (χ2n) is 3.13. The third kappa shape index (κ3) is 5.37. The molecule has 0 unspecified atom stereocenters. The minimum atomic E-state index is -0.792. The van der Waals surface area contributed by atoms with Gasteiger partial charge in [-0.25, -0.2) is 0 Å². The Labute approximate surface area is 80.8 Å². The van der Waals surface area contributed by atoms with Crippen LogP contribution in [0, 0.1) is 0 Å². The maximum Gasteiger partial charge on any atom is 0.218 e. The van der Waals surface area contributed by atoms with Crippen molar-refractivity contribution in [2.45, 2.75) is 26.4 Å². The molecule has 76 valence electrons. The summed E-state index contributed by atoms with van der Waals surface area (Å²) in [4.78, 5) is 21.6. The lowest BCUT2D eigenvalue weighted by Crippen LogP contribution is -2.60. The van der Waals surface area contributed by atoms with Crippen LogP contribution in [0.3, 0.4) is 0 Å². The number of carbonyl (C=O) groups is 2. The van der Waals surface area contributed by atoms with Crippen LogP contribution in [0.15, 0.2) is 0 Å². The molecular weight excluding hydrogens is 188 g/mol. The fraction of sp³-hybridized carbons (Fsp3) is 0.714. The van der Waals surface area contributed by atoms with Crippen molar-refractivity contribution in [2.24, 2.45) is 0 Å². The van der Waals surface area contributed by atoms with Gasteiger partial charge in [-0.2, -0.15) is 0 Å². The minimum Gasteiger partial charge on any atom is -0.424 e. The van der Waals surface area contributed by atoms with Crippen molar-refractivity contribution in [3.05, 3.63) is 0 Å². The van der Waals surface area contributed by atoms with Gasteiger partial charge in [0.15, 0.2) is 0 Å². The second-order valence-corrected chi connectivity index (χ2v) is 3.70. The van der Waals surface area contributed by atoms with Gasteiger partial charge in [0, 0.05) is 13.8 Å². The zero-order valence-corrected chi connectivity index (χ0v) is 10.4. The van der Waals surface area contributed by atoms with Gasteiger partial charge in [-0.05, 0) is 6.92 Å². The highest BCUT2D eigenvalue weighted by atomic mass is 28.2. The van der Waals surface area contributed by atoms with Crippen LogP contribution in [0.2, 0.25) is 0 Å². The van der Waals surface area contributed by atoms with Gasteiger partial charge in [0.25, 0.3) is 0 Å². The summed E-state index contributed by atoms with van der Waals surface area (Å²) in [7, 11) is 0.568. The highest BCUT2D eigenvalue weighted by molar-refractivity contribution is 5.98. The first-order valence-corrected chi connectivity index (χ1v) is 4.78. The molecule has 0 radical (unpaired) electrons. The first-order chi connectivity index (χ1) is 5.89. The molecule has 0 heterocycles. The zero-order chi connectivity index (χ0) is 10.5. The van der Waals surface area contributed by atoms with Crippen molar-refractivity contribution < 1.29 is 14.0 Å². The van der Waals surface area contributed by atoms with E-state index in [1.54, 1.807) is 6.92 Å². The molecule has 0 atom stereocenters. The molecule has 13 heavy (non-hydrogen) atoms. The molecule has 0 saturated heterocycles. The zero-order valence-electron chi connectivity index (χ0n) is 8.43. The van der Waals surface area contributed by atoms with Crippen LogP contribution < -0.4 is 10.6 Å². The highest BCUT2D eigenvalue weighted by Gasteiger charge is 2.25. The standard InChI is InChI=1S/C7H16N2O3Si/c1-5(10)8-7(3,4-12-13)9-6(2)11/h4H2,1-3,13H3,(H,8,10)(H,9,11). The molecule has 0 bridgehead atoms. The molecule has 6 heteroatoms.